The van der Waals surface area contributed by atoms with Crippen LogP contribution in [-0.4, -0.2) is 25.7 Å². The SMILES string of the molecule is Cn1cc(Nc2ncc(-c3ccc(CC(=O)Nc4ccc(C#N)c(C(F)(F)F)c4)cc3)cn2)cn1. The lowest BCUT2D eigenvalue weighted by molar-refractivity contribution is -0.137. The van der Waals surface area contributed by atoms with Gasteiger partial charge in [0.2, 0.25) is 11.9 Å². The molecule has 0 fully saturated rings. The predicted molar refractivity (Wildman–Crippen MR) is 122 cm³/mol. The van der Waals surface area contributed by atoms with Crippen molar-refractivity contribution in [3.8, 4) is 17.2 Å². The highest BCUT2D eigenvalue weighted by Gasteiger charge is 2.34. The third-order valence-corrected chi connectivity index (χ3v) is 4.99. The van der Waals surface area contributed by atoms with Gasteiger partial charge in [0, 0.05) is 36.9 Å². The Morgan fingerprint density at radius 1 is 1.03 bits per heavy atom. The first-order valence-corrected chi connectivity index (χ1v) is 10.3. The van der Waals surface area contributed by atoms with Crippen LogP contribution in [0.25, 0.3) is 11.1 Å². The molecule has 35 heavy (non-hydrogen) atoms. The molecule has 0 aliphatic heterocycles. The van der Waals surface area contributed by atoms with E-state index >= 15 is 0 Å². The van der Waals surface area contributed by atoms with Gasteiger partial charge >= 0.3 is 6.18 Å². The quantitative estimate of drug-likeness (QED) is 0.417. The third-order valence-electron chi connectivity index (χ3n) is 4.99. The summed E-state index contributed by atoms with van der Waals surface area (Å²) in [6.45, 7) is 0. The van der Waals surface area contributed by atoms with Crippen LogP contribution in [0.5, 0.6) is 0 Å². The maximum atomic E-state index is 13.1. The highest BCUT2D eigenvalue weighted by molar-refractivity contribution is 5.92. The highest BCUT2D eigenvalue weighted by Crippen LogP contribution is 2.33. The Kier molecular flexibility index (Phi) is 6.46. The second-order valence-corrected chi connectivity index (χ2v) is 7.61. The molecule has 1 amide bonds. The Balaban J connectivity index is 1.38. The molecule has 8 nitrogen and oxygen atoms in total. The van der Waals surface area contributed by atoms with E-state index in [4.69, 9.17) is 5.26 Å². The van der Waals surface area contributed by atoms with Crippen LogP contribution in [0.2, 0.25) is 0 Å². The zero-order valence-electron chi connectivity index (χ0n) is 18.3. The summed E-state index contributed by atoms with van der Waals surface area (Å²) in [7, 11) is 1.80. The number of halogens is 3. The average molecular weight is 477 g/mol. The number of rotatable bonds is 6. The van der Waals surface area contributed by atoms with Crippen LogP contribution in [-0.2, 0) is 24.4 Å². The molecular weight excluding hydrogens is 459 g/mol. The molecule has 11 heteroatoms. The van der Waals surface area contributed by atoms with Crippen LogP contribution in [0.3, 0.4) is 0 Å². The van der Waals surface area contributed by atoms with Gasteiger partial charge in [-0.1, -0.05) is 24.3 Å². The monoisotopic (exact) mass is 477 g/mol. The predicted octanol–water partition coefficient (Wildman–Crippen LogP) is 4.69. The molecule has 2 aromatic carbocycles. The number of carbonyl (C=O) groups excluding carboxylic acids is 1. The van der Waals surface area contributed by atoms with Crippen molar-refractivity contribution in [2.75, 3.05) is 10.6 Å². The molecule has 4 rings (SSSR count). The van der Waals surface area contributed by atoms with Crippen molar-refractivity contribution in [3.63, 3.8) is 0 Å². The summed E-state index contributed by atoms with van der Waals surface area (Å²) in [5.41, 5.74) is 1.42. The number of alkyl halides is 3. The number of aromatic nitrogens is 4. The Labute approximate surface area is 198 Å². The molecule has 4 aromatic rings. The maximum Gasteiger partial charge on any atom is 0.417 e. The van der Waals surface area contributed by atoms with Crippen molar-refractivity contribution in [1.82, 2.24) is 19.7 Å². The minimum absolute atomic E-state index is 0.0323. The molecule has 0 radical (unpaired) electrons. The summed E-state index contributed by atoms with van der Waals surface area (Å²) >= 11 is 0. The number of amides is 1. The molecule has 0 saturated heterocycles. The summed E-state index contributed by atoms with van der Waals surface area (Å²) in [6, 6.07) is 11.7. The maximum absolute atomic E-state index is 13.1. The van der Waals surface area contributed by atoms with Gasteiger partial charge in [0.25, 0.3) is 0 Å². The lowest BCUT2D eigenvalue weighted by Gasteiger charge is -2.12. The molecule has 2 heterocycles. The van der Waals surface area contributed by atoms with E-state index in [1.54, 1.807) is 60.8 Å². The lowest BCUT2D eigenvalue weighted by atomic mass is 10.0. The molecule has 0 aliphatic rings. The average Bonchev–Trinajstić information content (AvgIpc) is 3.24. The van der Waals surface area contributed by atoms with E-state index in [1.807, 2.05) is 0 Å². The second-order valence-electron chi connectivity index (χ2n) is 7.61. The Hall–Kier alpha value is -4.72. The standard InChI is InChI=1S/C24H18F3N7O/c1-34-14-20(13-31-34)33-23-29-11-18(12-30-23)16-4-2-15(3-5-16)8-22(35)32-19-7-6-17(10-28)21(9-19)24(25,26)27/h2-7,9,11-14H,8H2,1H3,(H,32,35)(H,29,30,33). The van der Waals surface area contributed by atoms with Gasteiger partial charge in [-0.2, -0.15) is 23.5 Å². The first-order valence-electron chi connectivity index (χ1n) is 10.3. The Morgan fingerprint density at radius 3 is 2.34 bits per heavy atom. The van der Waals surface area contributed by atoms with Gasteiger partial charge in [-0.15, -0.1) is 0 Å². The van der Waals surface area contributed by atoms with Gasteiger partial charge in [-0.25, -0.2) is 9.97 Å². The van der Waals surface area contributed by atoms with Crippen LogP contribution in [0, 0.1) is 11.3 Å². The van der Waals surface area contributed by atoms with Gasteiger partial charge in [0.1, 0.15) is 0 Å². The fraction of sp³-hybridized carbons (Fsp3) is 0.125. The number of nitrogens with zero attached hydrogens (tertiary/aromatic N) is 5. The zero-order chi connectivity index (χ0) is 25.0. The molecule has 0 spiro atoms. The van der Waals surface area contributed by atoms with Crippen LogP contribution < -0.4 is 10.6 Å². The van der Waals surface area contributed by atoms with Gasteiger partial charge in [-0.3, -0.25) is 9.48 Å². The molecule has 0 atom stereocenters. The minimum atomic E-state index is -4.70. The number of nitrogens with one attached hydrogen (secondary N) is 2. The third kappa shape index (κ3) is 5.80. The molecule has 0 unspecified atom stereocenters. The minimum Gasteiger partial charge on any atom is -0.326 e. The normalized spacial score (nSPS) is 11.1. The van der Waals surface area contributed by atoms with Crippen LogP contribution in [0.15, 0.2) is 67.3 Å². The molecule has 2 N–H and O–H groups in total. The van der Waals surface area contributed by atoms with E-state index in [2.05, 4.69) is 25.7 Å². The Morgan fingerprint density at radius 2 is 1.74 bits per heavy atom. The van der Waals surface area contributed by atoms with Crippen molar-refractivity contribution < 1.29 is 18.0 Å². The molecular formula is C24H18F3N7O. The molecule has 0 saturated carbocycles. The topological polar surface area (TPSA) is 109 Å². The summed E-state index contributed by atoms with van der Waals surface area (Å²) < 4.78 is 41.0. The van der Waals surface area contributed by atoms with Crippen LogP contribution in [0.1, 0.15) is 16.7 Å². The van der Waals surface area contributed by atoms with Crippen molar-refractivity contribution in [2.24, 2.45) is 7.05 Å². The summed E-state index contributed by atoms with van der Waals surface area (Å²) in [5.74, 6) is -0.0590. The molecule has 176 valence electrons. The van der Waals surface area contributed by atoms with Gasteiger partial charge < -0.3 is 10.6 Å². The van der Waals surface area contributed by atoms with E-state index < -0.39 is 23.2 Å². The van der Waals surface area contributed by atoms with E-state index in [1.165, 1.54) is 12.1 Å². The number of hydrogen-bond acceptors (Lipinski definition) is 6. The number of hydrogen-bond donors (Lipinski definition) is 2. The number of benzene rings is 2. The molecule has 2 aromatic heterocycles. The first-order chi connectivity index (χ1) is 16.7. The summed E-state index contributed by atoms with van der Waals surface area (Å²) in [4.78, 5) is 20.9. The van der Waals surface area contributed by atoms with E-state index in [0.717, 1.165) is 28.9 Å². The van der Waals surface area contributed by atoms with Crippen molar-refractivity contribution >= 4 is 23.2 Å². The summed E-state index contributed by atoms with van der Waals surface area (Å²) in [5, 5.41) is 18.4. The largest absolute Gasteiger partial charge is 0.417 e. The van der Waals surface area contributed by atoms with Crippen molar-refractivity contribution in [3.05, 3.63) is 83.9 Å². The fourth-order valence-electron chi connectivity index (χ4n) is 3.32. The number of aryl methyl sites for hydroxylation is 1. The van der Waals surface area contributed by atoms with E-state index in [0.29, 0.717) is 11.5 Å². The number of anilines is 3. The van der Waals surface area contributed by atoms with Crippen LogP contribution >= 0.6 is 0 Å². The summed E-state index contributed by atoms with van der Waals surface area (Å²) in [6.07, 6.45) is 2.04. The van der Waals surface area contributed by atoms with Crippen LogP contribution in [0.4, 0.5) is 30.5 Å². The molecule has 0 bridgehead atoms. The van der Waals surface area contributed by atoms with Crippen molar-refractivity contribution in [2.45, 2.75) is 12.6 Å². The first kappa shape index (κ1) is 23.4. The van der Waals surface area contributed by atoms with Gasteiger partial charge in [-0.05, 0) is 29.3 Å². The van der Waals surface area contributed by atoms with Crippen molar-refractivity contribution in [1.29, 1.82) is 5.26 Å². The molecule has 0 aliphatic carbocycles. The van der Waals surface area contributed by atoms with Gasteiger partial charge in [0.05, 0.1) is 35.5 Å². The van der Waals surface area contributed by atoms with E-state index in [9.17, 15) is 18.0 Å². The van der Waals surface area contributed by atoms with Gasteiger partial charge in [0.15, 0.2) is 0 Å². The van der Waals surface area contributed by atoms with E-state index in [-0.39, 0.29) is 12.1 Å². The smallest absolute Gasteiger partial charge is 0.326 e. The highest BCUT2D eigenvalue weighted by atomic mass is 19.4. The fourth-order valence-corrected chi connectivity index (χ4v) is 3.32. The lowest BCUT2D eigenvalue weighted by Crippen LogP contribution is -2.16. The number of carbonyl (C=O) groups is 1. The zero-order valence-corrected chi connectivity index (χ0v) is 18.3. The number of nitriles is 1. The Bertz CT molecular complexity index is 1390. The second kappa shape index (κ2) is 9.64.